The molecule has 0 saturated carbocycles. The Hall–Kier alpha value is -3.25. The van der Waals surface area contributed by atoms with Crippen molar-refractivity contribution in [2.24, 2.45) is 0 Å². The molecule has 1 saturated heterocycles. The van der Waals surface area contributed by atoms with Gasteiger partial charge in [-0.2, -0.15) is 0 Å². The van der Waals surface area contributed by atoms with Crippen molar-refractivity contribution in [3.05, 3.63) is 87.6 Å². The molecule has 1 aliphatic heterocycles. The number of carbonyl (C=O) groups excluding carboxylic acids is 1. The number of hydrogen-bond acceptors (Lipinski definition) is 5. The van der Waals surface area contributed by atoms with Crippen molar-refractivity contribution >= 4 is 33.3 Å². The van der Waals surface area contributed by atoms with Crippen molar-refractivity contribution in [1.29, 1.82) is 0 Å². The average molecular weight is 539 g/mol. The quantitative estimate of drug-likeness (QED) is 0.268. The fraction of sp³-hybridized carbons (Fsp3) is 0.424. The van der Waals surface area contributed by atoms with E-state index in [0.717, 1.165) is 54.4 Å². The van der Waals surface area contributed by atoms with Crippen LogP contribution in [0.1, 0.15) is 77.8 Å². The maximum atomic E-state index is 13.3. The minimum Gasteiger partial charge on any atom is -0.352 e. The molecule has 0 N–H and O–H groups in total. The van der Waals surface area contributed by atoms with Crippen LogP contribution in [-0.2, 0) is 24.7 Å². The summed E-state index contributed by atoms with van der Waals surface area (Å²) in [7, 11) is 0. The van der Waals surface area contributed by atoms with Gasteiger partial charge in [-0.3, -0.25) is 4.79 Å². The number of thiophene rings is 1. The molecule has 0 spiro atoms. The summed E-state index contributed by atoms with van der Waals surface area (Å²) in [5, 5.41) is 1.27. The summed E-state index contributed by atoms with van der Waals surface area (Å²) in [5.74, 6) is 2.08. The Morgan fingerprint density at radius 3 is 2.31 bits per heavy atom. The van der Waals surface area contributed by atoms with E-state index in [4.69, 9.17) is 9.97 Å². The van der Waals surface area contributed by atoms with Crippen LogP contribution in [0.3, 0.4) is 0 Å². The molecule has 0 unspecified atom stereocenters. The van der Waals surface area contributed by atoms with Gasteiger partial charge >= 0.3 is 0 Å². The van der Waals surface area contributed by atoms with E-state index in [0.29, 0.717) is 13.1 Å². The molecule has 0 bridgehead atoms. The molecule has 6 heteroatoms. The second-order valence-electron chi connectivity index (χ2n) is 12.0. The number of rotatable bonds is 4. The first-order valence-electron chi connectivity index (χ1n) is 14.4. The third-order valence-corrected chi connectivity index (χ3v) is 9.35. The number of anilines is 1. The molecule has 202 valence electrons. The topological polar surface area (TPSA) is 49.3 Å². The predicted octanol–water partition coefficient (Wildman–Crippen LogP) is 6.81. The van der Waals surface area contributed by atoms with Gasteiger partial charge in [-0.1, -0.05) is 69.7 Å². The first-order chi connectivity index (χ1) is 18.9. The van der Waals surface area contributed by atoms with Gasteiger partial charge in [0.1, 0.15) is 16.5 Å². The van der Waals surface area contributed by atoms with Gasteiger partial charge in [0.25, 0.3) is 5.91 Å². The number of hydrogen-bond donors (Lipinski definition) is 0. The number of fused-ring (bicyclic) bond motifs is 3. The first-order valence-corrected chi connectivity index (χ1v) is 15.2. The van der Waals surface area contributed by atoms with Crippen molar-refractivity contribution in [1.82, 2.24) is 14.9 Å². The Morgan fingerprint density at radius 2 is 1.59 bits per heavy atom. The lowest BCUT2D eigenvalue weighted by molar-refractivity contribution is 0.0746. The lowest BCUT2D eigenvalue weighted by atomic mass is 9.86. The molecule has 2 aromatic carbocycles. The van der Waals surface area contributed by atoms with Gasteiger partial charge < -0.3 is 9.80 Å². The van der Waals surface area contributed by atoms with Crippen LogP contribution >= 0.6 is 11.3 Å². The van der Waals surface area contributed by atoms with E-state index < -0.39 is 0 Å². The van der Waals surface area contributed by atoms with Crippen molar-refractivity contribution in [3.8, 4) is 0 Å². The zero-order chi connectivity index (χ0) is 27.0. The first kappa shape index (κ1) is 26.0. The lowest BCUT2D eigenvalue weighted by Gasteiger charge is -2.36. The van der Waals surface area contributed by atoms with Crippen LogP contribution in [0.5, 0.6) is 0 Å². The molecule has 1 amide bonds. The zero-order valence-electron chi connectivity index (χ0n) is 23.4. The summed E-state index contributed by atoms with van der Waals surface area (Å²) >= 11 is 1.88. The third kappa shape index (κ3) is 5.44. The molecule has 0 atom stereocenters. The Kier molecular flexibility index (Phi) is 7.15. The fourth-order valence-electron chi connectivity index (χ4n) is 5.86. The summed E-state index contributed by atoms with van der Waals surface area (Å²) in [6.07, 6.45) is 6.79. The summed E-state index contributed by atoms with van der Waals surface area (Å²) in [6, 6.07) is 18.7. The number of piperazine rings is 1. The highest BCUT2D eigenvalue weighted by Crippen LogP contribution is 2.39. The van der Waals surface area contributed by atoms with Crippen LogP contribution in [0.4, 0.5) is 5.82 Å². The van der Waals surface area contributed by atoms with E-state index in [1.54, 1.807) is 0 Å². The molecule has 39 heavy (non-hydrogen) atoms. The normalized spacial score (nSPS) is 16.3. The van der Waals surface area contributed by atoms with Gasteiger partial charge in [-0.25, -0.2) is 9.97 Å². The van der Waals surface area contributed by atoms with E-state index >= 15 is 0 Å². The van der Waals surface area contributed by atoms with Crippen LogP contribution in [0.25, 0.3) is 10.2 Å². The SMILES string of the molecule is CC(C)(C)c1ccc(C(=O)N2CCN(c3nc(Cc4ccccc4)nc4sc5c(c34)CCCCC5)CC2)cc1. The Labute approximate surface area is 235 Å². The molecular weight excluding hydrogens is 500 g/mol. The fourth-order valence-corrected chi connectivity index (χ4v) is 7.14. The van der Waals surface area contributed by atoms with Gasteiger partial charge in [0.2, 0.25) is 0 Å². The van der Waals surface area contributed by atoms with E-state index in [9.17, 15) is 4.79 Å². The van der Waals surface area contributed by atoms with Crippen LogP contribution in [0.15, 0.2) is 54.6 Å². The molecular formula is C33H38N4OS. The summed E-state index contributed by atoms with van der Waals surface area (Å²) in [4.78, 5) is 30.7. The molecule has 4 aromatic rings. The van der Waals surface area contributed by atoms with Gasteiger partial charge in [0.15, 0.2) is 0 Å². The number of benzene rings is 2. The van der Waals surface area contributed by atoms with Crippen molar-refractivity contribution in [3.63, 3.8) is 0 Å². The maximum absolute atomic E-state index is 13.3. The Morgan fingerprint density at radius 1 is 0.872 bits per heavy atom. The van der Waals surface area contributed by atoms with Crippen LogP contribution < -0.4 is 4.90 Å². The number of amides is 1. The summed E-state index contributed by atoms with van der Waals surface area (Å²) < 4.78 is 0. The van der Waals surface area contributed by atoms with Gasteiger partial charge in [-0.05, 0) is 59.9 Å². The predicted molar refractivity (Wildman–Crippen MR) is 161 cm³/mol. The molecule has 2 aromatic heterocycles. The second kappa shape index (κ2) is 10.7. The van der Waals surface area contributed by atoms with Gasteiger partial charge in [-0.15, -0.1) is 11.3 Å². The monoisotopic (exact) mass is 538 g/mol. The molecule has 5 nitrogen and oxygen atoms in total. The van der Waals surface area contributed by atoms with Crippen molar-refractivity contribution in [2.45, 2.75) is 64.7 Å². The molecule has 6 rings (SSSR count). The Balaban J connectivity index is 1.26. The molecule has 3 heterocycles. The molecule has 1 aliphatic carbocycles. The van der Waals surface area contributed by atoms with Gasteiger partial charge in [0, 0.05) is 43.0 Å². The smallest absolute Gasteiger partial charge is 0.253 e. The van der Waals surface area contributed by atoms with Gasteiger partial charge in [0.05, 0.1) is 5.39 Å². The molecule has 2 aliphatic rings. The van der Waals surface area contributed by atoms with E-state index in [2.05, 4.69) is 68.1 Å². The third-order valence-electron chi connectivity index (χ3n) is 8.16. The maximum Gasteiger partial charge on any atom is 0.253 e. The second-order valence-corrected chi connectivity index (χ2v) is 13.1. The number of carbonyl (C=O) groups is 1. The number of nitrogens with zero attached hydrogens (tertiary/aromatic N) is 4. The average Bonchev–Trinajstić information content (AvgIpc) is 3.13. The molecule has 0 radical (unpaired) electrons. The number of aryl methyl sites for hydroxylation is 2. The highest BCUT2D eigenvalue weighted by atomic mass is 32.1. The Bertz CT molecular complexity index is 1460. The van der Waals surface area contributed by atoms with Crippen molar-refractivity contribution in [2.75, 3.05) is 31.1 Å². The van der Waals surface area contributed by atoms with E-state index in [-0.39, 0.29) is 11.3 Å². The summed E-state index contributed by atoms with van der Waals surface area (Å²) in [5.41, 5.74) is 4.81. The van der Waals surface area contributed by atoms with Crippen molar-refractivity contribution < 1.29 is 4.79 Å². The largest absolute Gasteiger partial charge is 0.352 e. The molecule has 1 fully saturated rings. The van der Waals surface area contributed by atoms with Crippen LogP contribution in [-0.4, -0.2) is 47.0 Å². The zero-order valence-corrected chi connectivity index (χ0v) is 24.2. The lowest BCUT2D eigenvalue weighted by Crippen LogP contribution is -2.49. The van der Waals surface area contributed by atoms with E-state index in [1.807, 2.05) is 28.4 Å². The standard InChI is InChI=1S/C33H38N4OS/c1-33(2,3)25-16-14-24(15-17-25)32(38)37-20-18-36(19-21-37)30-29-26-12-8-5-9-13-27(26)39-31(29)35-28(34-30)22-23-10-6-4-7-11-23/h4,6-7,10-11,14-17H,5,8-9,12-13,18-22H2,1-3H3. The van der Waals surface area contributed by atoms with Crippen LogP contribution in [0.2, 0.25) is 0 Å². The highest BCUT2D eigenvalue weighted by molar-refractivity contribution is 7.19. The number of aromatic nitrogens is 2. The highest BCUT2D eigenvalue weighted by Gasteiger charge is 2.28. The minimum atomic E-state index is 0.0787. The summed E-state index contributed by atoms with van der Waals surface area (Å²) in [6.45, 7) is 9.57. The van der Waals surface area contributed by atoms with E-state index in [1.165, 1.54) is 46.2 Å². The minimum absolute atomic E-state index is 0.0787. The van der Waals surface area contributed by atoms with Crippen LogP contribution in [0, 0.1) is 0 Å².